The third-order valence-corrected chi connectivity index (χ3v) is 4.79. The summed E-state index contributed by atoms with van der Waals surface area (Å²) in [6, 6.07) is 24.1. The molecule has 1 saturated carbocycles. The highest BCUT2D eigenvalue weighted by molar-refractivity contribution is 5.83. The molecule has 3 nitrogen and oxygen atoms in total. The van der Waals surface area contributed by atoms with Crippen molar-refractivity contribution in [2.75, 3.05) is 0 Å². The summed E-state index contributed by atoms with van der Waals surface area (Å²) in [6.45, 7) is 0. The summed E-state index contributed by atoms with van der Waals surface area (Å²) in [5, 5.41) is 3.23. The molecule has 25 heavy (non-hydrogen) atoms. The Morgan fingerprint density at radius 3 is 2.28 bits per heavy atom. The van der Waals surface area contributed by atoms with Gasteiger partial charge in [0.1, 0.15) is 0 Å². The van der Waals surface area contributed by atoms with Crippen LogP contribution >= 0.6 is 0 Å². The molecule has 1 aromatic heterocycles. The second kappa shape index (κ2) is 6.89. The maximum Gasteiger partial charge on any atom is 0.224 e. The van der Waals surface area contributed by atoms with Crippen LogP contribution in [0, 0.1) is 5.92 Å². The molecule has 1 N–H and O–H groups in total. The van der Waals surface area contributed by atoms with E-state index < -0.39 is 0 Å². The highest BCUT2D eigenvalue weighted by atomic mass is 16.2. The van der Waals surface area contributed by atoms with Crippen molar-refractivity contribution in [2.24, 2.45) is 5.92 Å². The summed E-state index contributed by atoms with van der Waals surface area (Å²) >= 11 is 0. The van der Waals surface area contributed by atoms with Gasteiger partial charge >= 0.3 is 0 Å². The monoisotopic (exact) mass is 328 g/mol. The molecule has 0 unspecified atom stereocenters. The van der Waals surface area contributed by atoms with Crippen LogP contribution in [-0.4, -0.2) is 10.9 Å². The zero-order valence-electron chi connectivity index (χ0n) is 13.9. The van der Waals surface area contributed by atoms with E-state index >= 15 is 0 Å². The molecule has 3 heteroatoms. The van der Waals surface area contributed by atoms with Crippen LogP contribution in [-0.2, 0) is 4.79 Å². The number of hydrogen-bond donors (Lipinski definition) is 1. The van der Waals surface area contributed by atoms with E-state index in [2.05, 4.69) is 22.4 Å². The quantitative estimate of drug-likeness (QED) is 0.766. The van der Waals surface area contributed by atoms with E-state index in [0.29, 0.717) is 5.92 Å². The zero-order valence-corrected chi connectivity index (χ0v) is 13.9. The van der Waals surface area contributed by atoms with Crippen molar-refractivity contribution in [1.29, 1.82) is 0 Å². The van der Waals surface area contributed by atoms with Gasteiger partial charge in [-0.1, -0.05) is 66.7 Å². The van der Waals surface area contributed by atoms with Crippen LogP contribution in [0.2, 0.25) is 0 Å². The number of nitrogens with one attached hydrogen (secondary N) is 1. The van der Waals surface area contributed by atoms with Crippen molar-refractivity contribution in [3.05, 3.63) is 102 Å². The summed E-state index contributed by atoms with van der Waals surface area (Å²) in [6.07, 6.45) is 4.49. The van der Waals surface area contributed by atoms with Gasteiger partial charge in [-0.2, -0.15) is 0 Å². The number of carbonyl (C=O) groups excluding carboxylic acids is 1. The Kier molecular flexibility index (Phi) is 4.30. The number of carbonyl (C=O) groups is 1. The molecule has 0 spiro atoms. The van der Waals surface area contributed by atoms with Gasteiger partial charge in [-0.3, -0.25) is 9.78 Å². The second-order valence-corrected chi connectivity index (χ2v) is 6.50. The topological polar surface area (TPSA) is 42.0 Å². The summed E-state index contributed by atoms with van der Waals surface area (Å²) in [5.74, 6) is 0.517. The highest BCUT2D eigenvalue weighted by Crippen LogP contribution is 2.47. The van der Waals surface area contributed by atoms with Crippen LogP contribution in [0.4, 0.5) is 0 Å². The van der Waals surface area contributed by atoms with E-state index in [1.807, 2.05) is 66.9 Å². The van der Waals surface area contributed by atoms with Crippen LogP contribution < -0.4 is 5.32 Å². The lowest BCUT2D eigenvalue weighted by Crippen LogP contribution is -2.31. The SMILES string of the molecule is O=C(N[C@H](c1ccccc1)c1cccnc1)[C@H]1C[C@@H]1c1ccccc1. The molecule has 1 aliphatic carbocycles. The van der Waals surface area contributed by atoms with Crippen LogP contribution in [0.5, 0.6) is 0 Å². The molecule has 3 atom stereocenters. The van der Waals surface area contributed by atoms with Gasteiger partial charge in [0.2, 0.25) is 5.91 Å². The average Bonchev–Trinajstić information content (AvgIpc) is 3.49. The molecule has 2 aromatic carbocycles. The third kappa shape index (κ3) is 3.45. The van der Waals surface area contributed by atoms with Gasteiger partial charge in [-0.25, -0.2) is 0 Å². The lowest BCUT2D eigenvalue weighted by Gasteiger charge is -2.19. The highest BCUT2D eigenvalue weighted by Gasteiger charge is 2.44. The minimum absolute atomic E-state index is 0.0604. The minimum Gasteiger partial charge on any atom is -0.345 e. The average molecular weight is 328 g/mol. The first-order chi connectivity index (χ1) is 12.3. The van der Waals surface area contributed by atoms with Gasteiger partial charge in [0, 0.05) is 18.3 Å². The standard InChI is InChI=1S/C22H20N2O/c25-22(20-14-19(20)16-8-3-1-4-9-16)24-21(17-10-5-2-6-11-17)18-12-7-13-23-15-18/h1-13,15,19-21H,14H2,(H,24,25)/t19-,20+,21-/m1/s1. The molecular weight excluding hydrogens is 308 g/mol. The van der Waals surface area contributed by atoms with Gasteiger partial charge < -0.3 is 5.32 Å². The normalized spacial score (nSPS) is 19.8. The van der Waals surface area contributed by atoms with Gasteiger partial charge in [-0.05, 0) is 35.1 Å². The Morgan fingerprint density at radius 1 is 0.920 bits per heavy atom. The maximum absolute atomic E-state index is 12.8. The van der Waals surface area contributed by atoms with Crippen LogP contribution in [0.3, 0.4) is 0 Å². The lowest BCUT2D eigenvalue weighted by atomic mass is 9.99. The van der Waals surface area contributed by atoms with E-state index in [-0.39, 0.29) is 17.9 Å². The lowest BCUT2D eigenvalue weighted by molar-refractivity contribution is -0.122. The predicted octanol–water partition coefficient (Wildman–Crippen LogP) is 4.09. The van der Waals surface area contributed by atoms with Crippen LogP contribution in [0.15, 0.2) is 85.2 Å². The van der Waals surface area contributed by atoms with Crippen molar-refractivity contribution in [1.82, 2.24) is 10.3 Å². The fraction of sp³-hybridized carbons (Fsp3) is 0.182. The van der Waals surface area contributed by atoms with Gasteiger partial charge in [0.05, 0.1) is 6.04 Å². The number of aromatic nitrogens is 1. The molecule has 4 rings (SSSR count). The van der Waals surface area contributed by atoms with Crippen molar-refractivity contribution in [2.45, 2.75) is 18.4 Å². The molecule has 124 valence electrons. The summed E-state index contributed by atoms with van der Waals surface area (Å²) in [4.78, 5) is 17.0. The zero-order chi connectivity index (χ0) is 17.1. The number of amides is 1. The third-order valence-electron chi connectivity index (χ3n) is 4.79. The molecule has 1 fully saturated rings. The fourth-order valence-corrected chi connectivity index (χ4v) is 3.35. The summed E-state index contributed by atoms with van der Waals surface area (Å²) in [7, 11) is 0. The predicted molar refractivity (Wildman–Crippen MR) is 98.0 cm³/mol. The maximum atomic E-state index is 12.8. The van der Waals surface area contributed by atoms with Crippen LogP contribution in [0.25, 0.3) is 0 Å². The molecule has 1 heterocycles. The number of pyridine rings is 1. The van der Waals surface area contributed by atoms with Gasteiger partial charge in [-0.15, -0.1) is 0 Å². The molecular formula is C22H20N2O. The molecule has 3 aromatic rings. The fourth-order valence-electron chi connectivity index (χ4n) is 3.35. The largest absolute Gasteiger partial charge is 0.345 e. The molecule has 0 bridgehead atoms. The van der Waals surface area contributed by atoms with E-state index in [1.165, 1.54) is 5.56 Å². The number of benzene rings is 2. The number of rotatable bonds is 5. The van der Waals surface area contributed by atoms with Crippen molar-refractivity contribution in [3.8, 4) is 0 Å². The van der Waals surface area contributed by atoms with Crippen molar-refractivity contribution < 1.29 is 4.79 Å². The Bertz CT molecular complexity index is 794. The van der Waals surface area contributed by atoms with Gasteiger partial charge in [0.15, 0.2) is 0 Å². The Balaban J connectivity index is 1.53. The van der Waals surface area contributed by atoms with E-state index in [9.17, 15) is 4.79 Å². The van der Waals surface area contributed by atoms with Crippen LogP contribution in [0.1, 0.15) is 35.1 Å². The van der Waals surface area contributed by atoms with E-state index in [0.717, 1.165) is 17.5 Å². The number of hydrogen-bond acceptors (Lipinski definition) is 2. The Labute approximate surface area is 147 Å². The molecule has 0 saturated heterocycles. The van der Waals surface area contributed by atoms with Crippen molar-refractivity contribution >= 4 is 5.91 Å². The van der Waals surface area contributed by atoms with E-state index in [4.69, 9.17) is 0 Å². The van der Waals surface area contributed by atoms with Crippen molar-refractivity contribution in [3.63, 3.8) is 0 Å². The molecule has 0 radical (unpaired) electrons. The first-order valence-electron chi connectivity index (χ1n) is 8.63. The molecule has 1 aliphatic rings. The molecule has 1 amide bonds. The Morgan fingerprint density at radius 2 is 1.60 bits per heavy atom. The summed E-state index contributed by atoms with van der Waals surface area (Å²) < 4.78 is 0. The van der Waals surface area contributed by atoms with E-state index in [1.54, 1.807) is 6.20 Å². The summed E-state index contributed by atoms with van der Waals surface area (Å²) in [5.41, 5.74) is 3.32. The number of nitrogens with zero attached hydrogens (tertiary/aromatic N) is 1. The first-order valence-corrected chi connectivity index (χ1v) is 8.63. The molecule has 0 aliphatic heterocycles. The van der Waals surface area contributed by atoms with Gasteiger partial charge in [0.25, 0.3) is 0 Å². The first kappa shape index (κ1) is 15.6. The Hall–Kier alpha value is -2.94. The minimum atomic E-state index is -0.167. The second-order valence-electron chi connectivity index (χ2n) is 6.50. The smallest absolute Gasteiger partial charge is 0.224 e.